The maximum atomic E-state index is 13.3. The van der Waals surface area contributed by atoms with Crippen LogP contribution < -0.4 is 21.8 Å². The molecule has 17 heteroatoms. The molecule has 2 aliphatic heterocycles. The second-order valence-corrected chi connectivity index (χ2v) is 12.0. The van der Waals surface area contributed by atoms with Gasteiger partial charge in [-0.15, -0.1) is 0 Å². The first-order valence-electron chi connectivity index (χ1n) is 16.7. The average molecular weight is 738 g/mol. The third-order valence-electron chi connectivity index (χ3n) is 7.95. The van der Waals surface area contributed by atoms with E-state index >= 15 is 0 Å². The second-order valence-electron chi connectivity index (χ2n) is 12.0. The molecule has 0 fully saturated rings. The minimum atomic E-state index is -5.08. The van der Waals surface area contributed by atoms with Gasteiger partial charge in [-0.05, 0) is 59.8 Å². The first-order valence-corrected chi connectivity index (χ1v) is 16.7. The van der Waals surface area contributed by atoms with Crippen LogP contribution in [-0.4, -0.2) is 77.7 Å². The van der Waals surface area contributed by atoms with Gasteiger partial charge in [-0.3, -0.25) is 14.9 Å². The van der Waals surface area contributed by atoms with E-state index in [1.807, 2.05) is 49.1 Å². The van der Waals surface area contributed by atoms with Gasteiger partial charge in [0.2, 0.25) is 5.91 Å². The number of nitrogens with two attached hydrogens (primary N) is 1. The van der Waals surface area contributed by atoms with Crippen LogP contribution in [0.15, 0.2) is 77.3 Å². The van der Waals surface area contributed by atoms with Gasteiger partial charge in [0.25, 0.3) is 5.91 Å². The van der Waals surface area contributed by atoms with Crippen molar-refractivity contribution >= 4 is 59.7 Å². The van der Waals surface area contributed by atoms with E-state index in [2.05, 4.69) is 15.6 Å². The quantitative estimate of drug-likeness (QED) is 0.174. The maximum Gasteiger partial charge on any atom is 0.492 e. The van der Waals surface area contributed by atoms with Crippen molar-refractivity contribution in [2.75, 3.05) is 25.0 Å². The summed E-state index contributed by atoms with van der Waals surface area (Å²) >= 11 is 0. The number of benzene rings is 3. The topological polar surface area (TPSA) is 193 Å². The number of nitrogens with one attached hydrogen (secondary N) is 2. The van der Waals surface area contributed by atoms with E-state index in [1.165, 1.54) is 0 Å². The maximum absolute atomic E-state index is 13.3. The third kappa shape index (κ3) is 11.2. The molecule has 5 rings (SSSR count). The van der Waals surface area contributed by atoms with Crippen LogP contribution in [0.1, 0.15) is 66.3 Å². The van der Waals surface area contributed by atoms with E-state index in [1.54, 1.807) is 42.5 Å². The van der Waals surface area contributed by atoms with Gasteiger partial charge in [0, 0.05) is 48.4 Å². The summed E-state index contributed by atoms with van der Waals surface area (Å²) in [7, 11) is -1.22. The fourth-order valence-corrected chi connectivity index (χ4v) is 5.51. The lowest BCUT2D eigenvalue weighted by atomic mass is 9.79. The molecule has 0 aliphatic carbocycles. The number of fused-ring (bicyclic) bond motifs is 2. The zero-order chi connectivity index (χ0) is 38.7. The van der Waals surface area contributed by atoms with Gasteiger partial charge in [-0.25, -0.2) is 14.6 Å². The fraction of sp³-hybridized carbons (Fsp3) is 0.306. The van der Waals surface area contributed by atoms with Crippen molar-refractivity contribution in [2.45, 2.75) is 52.0 Å². The van der Waals surface area contributed by atoms with Crippen molar-refractivity contribution in [3.05, 3.63) is 94.6 Å². The van der Waals surface area contributed by atoms with Gasteiger partial charge in [0.15, 0.2) is 0 Å². The number of nitrogens with zero attached hydrogens (tertiary/aromatic N) is 2. The molecule has 0 bridgehead atoms. The Balaban J connectivity index is 0.000000815. The van der Waals surface area contributed by atoms with Gasteiger partial charge in [-0.2, -0.15) is 13.2 Å². The Morgan fingerprint density at radius 1 is 1.04 bits per heavy atom. The van der Waals surface area contributed by atoms with E-state index in [-0.39, 0.29) is 31.4 Å². The number of anilines is 1. The number of aliphatic imine (C=N–C) groups is 1. The molecule has 1 atom stereocenters. The first kappa shape index (κ1) is 40.1. The van der Waals surface area contributed by atoms with Crippen LogP contribution in [0.2, 0.25) is 0 Å². The van der Waals surface area contributed by atoms with Crippen LogP contribution in [0.25, 0.3) is 6.08 Å². The van der Waals surface area contributed by atoms with Crippen LogP contribution >= 0.6 is 0 Å². The summed E-state index contributed by atoms with van der Waals surface area (Å²) in [5, 5.41) is 23.2. The van der Waals surface area contributed by atoms with Gasteiger partial charge in [0.1, 0.15) is 12.4 Å². The first-order chi connectivity index (χ1) is 25.2. The molecule has 6 N–H and O–H groups in total. The molecule has 1 unspecified atom stereocenters. The predicted molar refractivity (Wildman–Crippen MR) is 192 cm³/mol. The van der Waals surface area contributed by atoms with Crippen molar-refractivity contribution in [1.82, 2.24) is 10.2 Å². The van der Waals surface area contributed by atoms with Gasteiger partial charge >= 0.3 is 25.4 Å². The van der Waals surface area contributed by atoms with Crippen LogP contribution in [0.3, 0.4) is 0 Å². The number of carbonyl (C=O) groups excluding carboxylic acids is 3. The molecule has 13 nitrogen and oxygen atoms in total. The SMILES string of the molecule is CCCN(CCC)C(=O)C1=Cc2ccc(C(=O)NCC3OB(O)c4cc(NC(=O)OCc5ccccc5)ccc43)cc2N=C(N)C1.O=C(O)C(F)(F)F. The van der Waals surface area contributed by atoms with E-state index in [9.17, 15) is 32.6 Å². The summed E-state index contributed by atoms with van der Waals surface area (Å²) < 4.78 is 42.7. The Morgan fingerprint density at radius 2 is 1.72 bits per heavy atom. The highest BCUT2D eigenvalue weighted by Gasteiger charge is 2.38. The van der Waals surface area contributed by atoms with Crippen LogP contribution in [0, 0.1) is 0 Å². The molecular weight excluding hydrogens is 698 g/mol. The molecule has 0 aromatic heterocycles. The van der Waals surface area contributed by atoms with Crippen molar-refractivity contribution in [3.8, 4) is 0 Å². The van der Waals surface area contributed by atoms with Crippen molar-refractivity contribution in [3.63, 3.8) is 0 Å². The molecule has 0 saturated carbocycles. The Hall–Kier alpha value is -5.68. The highest BCUT2D eigenvalue weighted by Crippen LogP contribution is 2.29. The number of alkyl halides is 3. The molecule has 3 aromatic rings. The summed E-state index contributed by atoms with van der Waals surface area (Å²) in [6.45, 7) is 5.64. The summed E-state index contributed by atoms with van der Waals surface area (Å²) in [6, 6.07) is 19.4. The number of carbonyl (C=O) groups is 4. The molecular formula is C36H39BF3N5O8. The molecule has 0 radical (unpaired) electrons. The zero-order valence-corrected chi connectivity index (χ0v) is 29.0. The molecule has 2 aliphatic rings. The summed E-state index contributed by atoms with van der Waals surface area (Å²) in [5.41, 5.74) is 10.8. The number of amides is 3. The lowest BCUT2D eigenvalue weighted by Gasteiger charge is -2.22. The third-order valence-corrected chi connectivity index (χ3v) is 7.95. The Kier molecular flexibility index (Phi) is 13.8. The standard InChI is InChI=1S/C34H38BN5O6.C2HF3O2/c1-3-14-40(15-4-2)33(42)25-16-23-10-11-24(17-29(23)39-31(36)18-25)32(41)37-20-30-27-13-12-26(19-28(27)35(44)46-30)38-34(43)45-21-22-8-6-5-7-9-22;3-2(4,5)1(6)7/h5-13,16-17,19,30,44H,3-4,14-15,18,20-21H2,1-2H3,(H2,36,39)(H,37,41)(H,38,43);(H,6,7). The molecule has 2 heterocycles. The van der Waals surface area contributed by atoms with Crippen molar-refractivity contribution < 1.29 is 51.9 Å². The number of amidine groups is 1. The fourth-order valence-electron chi connectivity index (χ4n) is 5.51. The Labute approximate surface area is 303 Å². The predicted octanol–water partition coefficient (Wildman–Crippen LogP) is 4.68. The molecule has 0 spiro atoms. The van der Waals surface area contributed by atoms with Crippen LogP contribution in [0.5, 0.6) is 0 Å². The number of rotatable bonds is 11. The van der Waals surface area contributed by atoms with Gasteiger partial charge < -0.3 is 35.5 Å². The molecule has 53 heavy (non-hydrogen) atoms. The lowest BCUT2D eigenvalue weighted by Crippen LogP contribution is -2.34. The number of aliphatic carboxylic acids is 1. The van der Waals surface area contributed by atoms with Crippen molar-refractivity contribution in [2.24, 2.45) is 10.7 Å². The van der Waals surface area contributed by atoms with E-state index in [4.69, 9.17) is 25.0 Å². The van der Waals surface area contributed by atoms with E-state index in [0.717, 1.165) is 18.4 Å². The number of ether oxygens (including phenoxy) is 1. The largest absolute Gasteiger partial charge is 0.492 e. The minimum absolute atomic E-state index is 0.0542. The zero-order valence-electron chi connectivity index (χ0n) is 29.0. The van der Waals surface area contributed by atoms with Crippen LogP contribution in [0.4, 0.5) is 29.3 Å². The monoisotopic (exact) mass is 737 g/mol. The second kappa shape index (κ2) is 18.2. The summed E-state index contributed by atoms with van der Waals surface area (Å²) in [5.74, 6) is -2.87. The molecule has 3 aromatic carbocycles. The number of carboxylic acid groups (broad SMARTS) is 1. The number of hydrogen-bond donors (Lipinski definition) is 5. The number of halogens is 3. The highest BCUT2D eigenvalue weighted by atomic mass is 19.4. The Bertz CT molecular complexity index is 1870. The van der Waals surface area contributed by atoms with Crippen LogP contribution in [-0.2, 0) is 25.6 Å². The summed E-state index contributed by atoms with van der Waals surface area (Å²) in [4.78, 5) is 53.9. The molecule has 0 saturated heterocycles. The smallest absolute Gasteiger partial charge is 0.475 e. The summed E-state index contributed by atoms with van der Waals surface area (Å²) in [6.07, 6.45) is -2.56. The van der Waals surface area contributed by atoms with E-state index in [0.29, 0.717) is 58.0 Å². The lowest BCUT2D eigenvalue weighted by molar-refractivity contribution is -0.192. The van der Waals surface area contributed by atoms with Crippen molar-refractivity contribution in [1.29, 1.82) is 0 Å². The van der Waals surface area contributed by atoms with Gasteiger partial charge in [-0.1, -0.05) is 56.3 Å². The average Bonchev–Trinajstić information content (AvgIpc) is 3.32. The van der Waals surface area contributed by atoms with Gasteiger partial charge in [0.05, 0.1) is 11.8 Å². The number of carboxylic acids is 1. The highest BCUT2D eigenvalue weighted by molar-refractivity contribution is 6.62. The normalized spacial score (nSPS) is 14.6. The Morgan fingerprint density at radius 3 is 2.36 bits per heavy atom. The molecule has 280 valence electrons. The number of hydrogen-bond acceptors (Lipinski definition) is 9. The van der Waals surface area contributed by atoms with E-state index < -0.39 is 31.5 Å². The molecule has 3 amide bonds. The minimum Gasteiger partial charge on any atom is -0.475 e.